The fraction of sp³-hybridized carbons (Fsp3) is 0.0714. The van der Waals surface area contributed by atoms with Crippen molar-refractivity contribution in [1.82, 2.24) is 0 Å². The Morgan fingerprint density at radius 1 is 0.433 bits per heavy atom. The Kier molecular flexibility index (Phi) is 8.22. The molecule has 0 aliphatic carbocycles. The Balaban J connectivity index is 1.79. The number of benzene rings is 3. The Morgan fingerprint density at radius 3 is 1.10 bits per heavy atom. The van der Waals surface area contributed by atoms with Gasteiger partial charge in [0.15, 0.2) is 0 Å². The van der Waals surface area contributed by atoms with Crippen LogP contribution in [-0.4, -0.2) is 12.5 Å². The molecule has 0 saturated heterocycles. The van der Waals surface area contributed by atoms with Crippen LogP contribution in [0.4, 0.5) is 0 Å². The van der Waals surface area contributed by atoms with Gasteiger partial charge in [-0.1, -0.05) is 71.2 Å². The highest BCUT2D eigenvalue weighted by atomic mass is 32.2. The van der Waals surface area contributed by atoms with E-state index in [9.17, 15) is 0 Å². The van der Waals surface area contributed by atoms with Gasteiger partial charge in [0.05, 0.1) is 0 Å². The average molecular weight is 419 g/mol. The van der Waals surface area contributed by atoms with Crippen LogP contribution in [0.2, 0.25) is 0 Å². The molecule has 0 fully saturated rings. The van der Waals surface area contributed by atoms with Gasteiger partial charge in [-0.2, -0.15) is 0 Å². The van der Waals surface area contributed by atoms with Gasteiger partial charge in [-0.3, -0.25) is 0 Å². The van der Waals surface area contributed by atoms with Crippen molar-refractivity contribution < 1.29 is 0 Å². The minimum atomic E-state index is 0.915. The van der Waals surface area contributed by atoms with E-state index in [0.29, 0.717) is 0 Å². The summed E-state index contributed by atoms with van der Waals surface area (Å²) in [7, 11) is 0. The van der Waals surface area contributed by atoms with E-state index in [1.54, 1.807) is 0 Å². The van der Waals surface area contributed by atoms with E-state index in [4.69, 9.17) is 0 Å². The third-order valence-corrected chi connectivity index (χ3v) is 4.59. The van der Waals surface area contributed by atoms with Gasteiger partial charge in [-0.15, -0.1) is 0 Å². The zero-order valence-corrected chi connectivity index (χ0v) is 18.4. The first-order chi connectivity index (χ1) is 14.8. The lowest BCUT2D eigenvalue weighted by atomic mass is 10.1. The van der Waals surface area contributed by atoms with Crippen molar-refractivity contribution in [3.63, 3.8) is 0 Å². The molecule has 0 spiro atoms. The van der Waals surface area contributed by atoms with Gasteiger partial charge >= 0.3 is 0 Å². The summed E-state index contributed by atoms with van der Waals surface area (Å²) in [5.41, 5.74) is 5.72. The molecule has 3 aromatic rings. The van der Waals surface area contributed by atoms with E-state index in [2.05, 4.69) is 46.0 Å². The molecule has 3 rings (SSSR count). The van der Waals surface area contributed by atoms with Crippen molar-refractivity contribution in [3.8, 4) is 46.0 Å². The van der Waals surface area contributed by atoms with Crippen molar-refractivity contribution in [2.24, 2.45) is 0 Å². The second-order valence-corrected chi connectivity index (χ2v) is 7.29. The minimum absolute atomic E-state index is 0.915. The van der Waals surface area contributed by atoms with Gasteiger partial charge in [-0.05, 0) is 83.7 Å². The van der Waals surface area contributed by atoms with Gasteiger partial charge in [0, 0.05) is 33.4 Å². The number of rotatable bonds is 0. The summed E-state index contributed by atoms with van der Waals surface area (Å²) in [5, 5.41) is 5.99. The Hall–Kier alpha value is -3.40. The van der Waals surface area contributed by atoms with Crippen LogP contribution in [0.5, 0.6) is 0 Å². The molecule has 0 saturated carbocycles. The molecule has 142 valence electrons. The monoisotopic (exact) mass is 418 g/mol. The number of hydrogen-bond donors (Lipinski definition) is 0. The van der Waals surface area contributed by atoms with E-state index in [-0.39, 0.29) is 0 Å². The van der Waals surface area contributed by atoms with Crippen LogP contribution < -0.4 is 0 Å². The first-order valence-corrected chi connectivity index (χ1v) is 11.6. The summed E-state index contributed by atoms with van der Waals surface area (Å²) in [5.74, 6) is 19.1. The summed E-state index contributed by atoms with van der Waals surface area (Å²) >= 11 is 3.02. The minimum Gasteiger partial charge on any atom is -0.0781 e. The second-order valence-electron chi connectivity index (χ2n) is 6.06. The Labute approximate surface area is 187 Å². The molecule has 2 heteroatoms. The molecule has 0 amide bonds. The summed E-state index contributed by atoms with van der Waals surface area (Å²) in [6.45, 7) is 0. The molecule has 3 aromatic carbocycles. The molecule has 0 nitrogen and oxygen atoms in total. The molecule has 0 aliphatic rings. The van der Waals surface area contributed by atoms with Crippen molar-refractivity contribution in [2.75, 3.05) is 12.5 Å². The van der Waals surface area contributed by atoms with Gasteiger partial charge in [0.1, 0.15) is 0 Å². The maximum Gasteiger partial charge on any atom is 0.0405 e. The maximum atomic E-state index is 3.25. The number of hydrogen-bond acceptors (Lipinski definition) is 2. The zero-order chi connectivity index (χ0) is 21.0. The van der Waals surface area contributed by atoms with E-state index >= 15 is 0 Å². The SMILES string of the molecule is CSC#Cc1ccc(C#Cc2ccccc2C#Cc2ccc(C#CSC)cc2)cc1. The van der Waals surface area contributed by atoms with E-state index in [0.717, 1.165) is 33.4 Å². The van der Waals surface area contributed by atoms with Crippen molar-refractivity contribution in [2.45, 2.75) is 0 Å². The highest BCUT2D eigenvalue weighted by Gasteiger charge is 1.96. The van der Waals surface area contributed by atoms with Crippen LogP contribution in [-0.2, 0) is 0 Å². The molecular weight excluding hydrogens is 400 g/mol. The molecule has 0 N–H and O–H groups in total. The van der Waals surface area contributed by atoms with Crippen LogP contribution >= 0.6 is 23.5 Å². The second kappa shape index (κ2) is 11.6. The average Bonchev–Trinajstić information content (AvgIpc) is 2.80. The summed E-state index contributed by atoms with van der Waals surface area (Å²) in [4.78, 5) is 0. The van der Waals surface area contributed by atoms with E-state index in [1.165, 1.54) is 23.5 Å². The van der Waals surface area contributed by atoms with E-state index in [1.807, 2.05) is 85.3 Å². The molecule has 0 radical (unpaired) electrons. The van der Waals surface area contributed by atoms with Crippen LogP contribution in [0.25, 0.3) is 0 Å². The molecule has 0 aromatic heterocycles. The fourth-order valence-electron chi connectivity index (χ4n) is 2.47. The van der Waals surface area contributed by atoms with Crippen molar-refractivity contribution in [1.29, 1.82) is 0 Å². The van der Waals surface area contributed by atoms with Gasteiger partial charge in [0.25, 0.3) is 0 Å². The standard InChI is InChI=1S/C28H18S2/c1-29-21-19-25-11-7-23(8-12-25)15-17-27-5-3-4-6-28(27)18-16-24-9-13-26(14-10-24)20-22-30-2/h3-14H,1-2H3. The molecule has 0 aliphatic heterocycles. The molecule has 0 heterocycles. The van der Waals surface area contributed by atoms with Crippen LogP contribution in [0.15, 0.2) is 72.8 Å². The lowest BCUT2D eigenvalue weighted by molar-refractivity contribution is 1.56. The quantitative estimate of drug-likeness (QED) is 0.421. The van der Waals surface area contributed by atoms with Gasteiger partial charge in [0.2, 0.25) is 0 Å². The fourth-order valence-corrected chi connectivity index (χ4v) is 2.91. The smallest absolute Gasteiger partial charge is 0.0405 e. The molecule has 30 heavy (non-hydrogen) atoms. The first kappa shape index (κ1) is 21.3. The molecular formula is C28H18S2. The largest absolute Gasteiger partial charge is 0.0781 e. The van der Waals surface area contributed by atoms with Gasteiger partial charge in [-0.25, -0.2) is 0 Å². The third kappa shape index (κ3) is 6.59. The predicted octanol–water partition coefficient (Wildman–Crippen LogP) is 5.83. The zero-order valence-electron chi connectivity index (χ0n) is 16.7. The van der Waals surface area contributed by atoms with Crippen LogP contribution in [0.1, 0.15) is 33.4 Å². The normalized spacial score (nSPS) is 8.87. The molecule has 0 unspecified atom stereocenters. The van der Waals surface area contributed by atoms with Crippen molar-refractivity contribution in [3.05, 3.63) is 106 Å². The lowest BCUT2D eigenvalue weighted by Gasteiger charge is -1.96. The summed E-state index contributed by atoms with van der Waals surface area (Å²) in [6, 6.07) is 23.9. The number of thioether (sulfide) groups is 2. The molecule has 0 bridgehead atoms. The maximum absolute atomic E-state index is 3.25. The first-order valence-electron chi connectivity index (χ1n) is 9.19. The summed E-state index contributed by atoms with van der Waals surface area (Å²) < 4.78 is 0. The lowest BCUT2D eigenvalue weighted by Crippen LogP contribution is -1.84. The van der Waals surface area contributed by atoms with Crippen LogP contribution in [0, 0.1) is 46.0 Å². The van der Waals surface area contributed by atoms with Gasteiger partial charge < -0.3 is 0 Å². The van der Waals surface area contributed by atoms with Crippen LogP contribution in [0.3, 0.4) is 0 Å². The topological polar surface area (TPSA) is 0 Å². The Morgan fingerprint density at radius 2 is 0.767 bits per heavy atom. The predicted molar refractivity (Wildman–Crippen MR) is 132 cm³/mol. The Bertz CT molecular complexity index is 1150. The third-order valence-electron chi connectivity index (χ3n) is 3.97. The highest BCUT2D eigenvalue weighted by molar-refractivity contribution is 8.03. The van der Waals surface area contributed by atoms with E-state index < -0.39 is 0 Å². The summed E-state index contributed by atoms with van der Waals surface area (Å²) in [6.07, 6.45) is 3.92. The van der Waals surface area contributed by atoms with Crippen molar-refractivity contribution >= 4 is 23.5 Å². The highest BCUT2D eigenvalue weighted by Crippen LogP contribution is 2.09. The molecule has 0 atom stereocenters.